The van der Waals surface area contributed by atoms with Crippen LogP contribution in [0, 0.1) is 0 Å². The van der Waals surface area contributed by atoms with Crippen molar-refractivity contribution in [1.82, 2.24) is 4.90 Å². The van der Waals surface area contributed by atoms with Gasteiger partial charge in [-0.3, -0.25) is 4.79 Å². The summed E-state index contributed by atoms with van der Waals surface area (Å²) < 4.78 is 4.94. The maximum Gasteiger partial charge on any atom is 0.254 e. The van der Waals surface area contributed by atoms with E-state index >= 15 is 0 Å². The summed E-state index contributed by atoms with van der Waals surface area (Å²) in [4.78, 5) is 13.9. The van der Waals surface area contributed by atoms with Crippen molar-refractivity contribution in [3.8, 4) is 11.5 Å². The van der Waals surface area contributed by atoms with Gasteiger partial charge < -0.3 is 20.5 Å². The fourth-order valence-corrected chi connectivity index (χ4v) is 1.75. The highest BCUT2D eigenvalue weighted by Crippen LogP contribution is 2.26. The van der Waals surface area contributed by atoms with E-state index in [0.717, 1.165) is 6.42 Å². The highest BCUT2D eigenvalue weighted by Gasteiger charge is 2.15. The maximum atomic E-state index is 12.2. The molecule has 0 radical (unpaired) electrons. The molecule has 1 aromatic rings. The third-order valence-electron chi connectivity index (χ3n) is 2.61. The van der Waals surface area contributed by atoms with E-state index in [2.05, 4.69) is 0 Å². The van der Waals surface area contributed by atoms with Crippen molar-refractivity contribution in [3.63, 3.8) is 0 Å². The van der Waals surface area contributed by atoms with Crippen LogP contribution in [0.25, 0.3) is 0 Å². The van der Waals surface area contributed by atoms with E-state index in [1.807, 2.05) is 6.92 Å². The lowest BCUT2D eigenvalue weighted by atomic mass is 10.1. The average Bonchev–Trinajstić information content (AvgIpc) is 2.37. The second kappa shape index (κ2) is 6.86. The number of phenols is 1. The topological polar surface area (TPSA) is 75.8 Å². The molecule has 0 aliphatic heterocycles. The van der Waals surface area contributed by atoms with Gasteiger partial charge in [0.25, 0.3) is 5.91 Å². The van der Waals surface area contributed by atoms with Crippen LogP contribution in [-0.2, 0) is 0 Å². The Kier molecular flexibility index (Phi) is 5.45. The predicted octanol–water partition coefficient (Wildman–Crippen LogP) is 1.21. The van der Waals surface area contributed by atoms with Crippen molar-refractivity contribution in [1.29, 1.82) is 0 Å². The molecule has 0 aliphatic carbocycles. The molecular formula is C13H20N2O3. The Morgan fingerprint density at radius 2 is 2.17 bits per heavy atom. The predicted molar refractivity (Wildman–Crippen MR) is 69.9 cm³/mol. The fraction of sp³-hybridized carbons (Fsp3) is 0.462. The molecular weight excluding hydrogens is 232 g/mol. The summed E-state index contributed by atoms with van der Waals surface area (Å²) >= 11 is 0. The molecule has 3 N–H and O–H groups in total. The number of aromatic hydroxyl groups is 1. The zero-order valence-electron chi connectivity index (χ0n) is 10.8. The van der Waals surface area contributed by atoms with E-state index in [9.17, 15) is 9.90 Å². The van der Waals surface area contributed by atoms with Crippen LogP contribution in [0.1, 0.15) is 23.7 Å². The zero-order valence-corrected chi connectivity index (χ0v) is 10.8. The highest BCUT2D eigenvalue weighted by molar-refractivity contribution is 5.94. The smallest absolute Gasteiger partial charge is 0.254 e. The first-order valence-corrected chi connectivity index (χ1v) is 6.00. The van der Waals surface area contributed by atoms with Crippen LogP contribution in [0.4, 0.5) is 0 Å². The normalized spacial score (nSPS) is 10.2. The molecule has 0 aliphatic rings. The summed E-state index contributed by atoms with van der Waals surface area (Å²) in [5, 5.41) is 9.66. The molecule has 0 saturated heterocycles. The van der Waals surface area contributed by atoms with Crippen molar-refractivity contribution in [2.75, 3.05) is 26.7 Å². The van der Waals surface area contributed by atoms with Gasteiger partial charge in [-0.1, -0.05) is 6.92 Å². The summed E-state index contributed by atoms with van der Waals surface area (Å²) in [7, 11) is 1.47. The molecule has 0 heterocycles. The molecule has 1 aromatic carbocycles. The van der Waals surface area contributed by atoms with E-state index < -0.39 is 0 Å². The molecule has 0 saturated carbocycles. The molecule has 0 fully saturated rings. The van der Waals surface area contributed by atoms with Gasteiger partial charge in [0.05, 0.1) is 7.11 Å². The van der Waals surface area contributed by atoms with Crippen LogP contribution in [0.5, 0.6) is 11.5 Å². The number of hydrogen-bond donors (Lipinski definition) is 2. The van der Waals surface area contributed by atoms with Gasteiger partial charge in [-0.25, -0.2) is 0 Å². The molecule has 1 rings (SSSR count). The van der Waals surface area contributed by atoms with E-state index in [1.165, 1.54) is 13.2 Å². The summed E-state index contributed by atoms with van der Waals surface area (Å²) in [5.41, 5.74) is 5.93. The van der Waals surface area contributed by atoms with Crippen LogP contribution in [-0.4, -0.2) is 42.7 Å². The van der Waals surface area contributed by atoms with Gasteiger partial charge in [-0.15, -0.1) is 0 Å². The number of carbonyl (C=O) groups excluding carboxylic acids is 1. The molecule has 0 bridgehead atoms. The minimum absolute atomic E-state index is 0.0347. The largest absolute Gasteiger partial charge is 0.504 e. The molecule has 0 spiro atoms. The summed E-state index contributed by atoms with van der Waals surface area (Å²) in [6.07, 6.45) is 0.869. The van der Waals surface area contributed by atoms with E-state index in [1.54, 1.807) is 17.0 Å². The summed E-state index contributed by atoms with van der Waals surface area (Å²) in [6.45, 7) is 3.60. The second-order valence-electron chi connectivity index (χ2n) is 3.97. The molecule has 5 heteroatoms. The van der Waals surface area contributed by atoms with Gasteiger partial charge in [0.15, 0.2) is 11.5 Å². The lowest BCUT2D eigenvalue weighted by Crippen LogP contribution is -2.35. The van der Waals surface area contributed by atoms with Crippen molar-refractivity contribution in [3.05, 3.63) is 23.8 Å². The van der Waals surface area contributed by atoms with Gasteiger partial charge in [0.1, 0.15) is 0 Å². The monoisotopic (exact) mass is 252 g/mol. The van der Waals surface area contributed by atoms with Gasteiger partial charge in [0, 0.05) is 25.2 Å². The minimum Gasteiger partial charge on any atom is -0.504 e. The van der Waals surface area contributed by atoms with E-state index in [-0.39, 0.29) is 11.7 Å². The van der Waals surface area contributed by atoms with Gasteiger partial charge >= 0.3 is 0 Å². The third-order valence-corrected chi connectivity index (χ3v) is 2.61. The van der Waals surface area contributed by atoms with Crippen molar-refractivity contribution < 1.29 is 14.6 Å². The Bertz CT molecular complexity index is 401. The Morgan fingerprint density at radius 3 is 2.67 bits per heavy atom. The first kappa shape index (κ1) is 14.3. The van der Waals surface area contributed by atoms with Crippen LogP contribution < -0.4 is 10.5 Å². The number of nitrogens with two attached hydrogens (primary N) is 1. The standard InChI is InChI=1S/C13H20N2O3/c1-3-7-15(8-6-14)13(17)10-4-5-12(18-2)11(16)9-10/h4-5,9,16H,3,6-8,14H2,1-2H3. The fourth-order valence-electron chi connectivity index (χ4n) is 1.75. The molecule has 0 atom stereocenters. The Hall–Kier alpha value is -1.75. The van der Waals surface area contributed by atoms with Gasteiger partial charge in [-0.2, -0.15) is 0 Å². The van der Waals surface area contributed by atoms with E-state index in [0.29, 0.717) is 30.9 Å². The Balaban J connectivity index is 2.90. The van der Waals surface area contributed by atoms with E-state index in [4.69, 9.17) is 10.5 Å². The number of amides is 1. The molecule has 18 heavy (non-hydrogen) atoms. The number of hydrogen-bond acceptors (Lipinski definition) is 4. The van der Waals surface area contributed by atoms with Crippen LogP contribution >= 0.6 is 0 Å². The summed E-state index contributed by atoms with van der Waals surface area (Å²) in [5.74, 6) is 0.195. The third kappa shape index (κ3) is 3.37. The van der Waals surface area contributed by atoms with Crippen molar-refractivity contribution >= 4 is 5.91 Å². The number of methoxy groups -OCH3 is 1. The number of ether oxygens (including phenoxy) is 1. The highest BCUT2D eigenvalue weighted by atomic mass is 16.5. The van der Waals surface area contributed by atoms with Crippen LogP contribution in [0.3, 0.4) is 0 Å². The summed E-state index contributed by atoms with van der Waals surface area (Å²) in [6, 6.07) is 4.63. The van der Waals surface area contributed by atoms with Gasteiger partial charge in [-0.05, 0) is 24.6 Å². The first-order valence-electron chi connectivity index (χ1n) is 6.00. The quantitative estimate of drug-likeness (QED) is 0.798. The SMILES string of the molecule is CCCN(CCN)C(=O)c1ccc(OC)c(O)c1. The minimum atomic E-state index is -0.125. The number of nitrogens with zero attached hydrogens (tertiary/aromatic N) is 1. The molecule has 100 valence electrons. The molecule has 0 aromatic heterocycles. The van der Waals surface area contributed by atoms with Crippen molar-refractivity contribution in [2.24, 2.45) is 5.73 Å². The average molecular weight is 252 g/mol. The number of benzene rings is 1. The second-order valence-corrected chi connectivity index (χ2v) is 3.97. The van der Waals surface area contributed by atoms with Crippen molar-refractivity contribution in [2.45, 2.75) is 13.3 Å². The number of carbonyl (C=O) groups is 1. The zero-order chi connectivity index (χ0) is 13.5. The first-order chi connectivity index (χ1) is 8.63. The Labute approximate surface area is 107 Å². The van der Waals surface area contributed by atoms with Crippen LogP contribution in [0.15, 0.2) is 18.2 Å². The lowest BCUT2D eigenvalue weighted by molar-refractivity contribution is 0.0760. The number of phenolic OH excluding ortho intramolecular Hbond substituents is 1. The number of rotatable bonds is 6. The van der Waals surface area contributed by atoms with Gasteiger partial charge in [0.2, 0.25) is 0 Å². The Morgan fingerprint density at radius 1 is 1.44 bits per heavy atom. The molecule has 0 unspecified atom stereocenters. The molecule has 1 amide bonds. The molecule has 5 nitrogen and oxygen atoms in total. The lowest BCUT2D eigenvalue weighted by Gasteiger charge is -2.21. The maximum absolute atomic E-state index is 12.2. The van der Waals surface area contributed by atoms with Crippen LogP contribution in [0.2, 0.25) is 0 Å².